The second kappa shape index (κ2) is 7.13. The molecule has 2 aromatic carbocycles. The van der Waals surface area contributed by atoms with Gasteiger partial charge in [-0.05, 0) is 38.0 Å². The van der Waals surface area contributed by atoms with Crippen molar-refractivity contribution < 1.29 is 13.3 Å². The standard InChI is InChI=1S/C17H20BrNO3S/c1-17(2,3)22-19-23(20,21)16-7-5-4-6-15(16)14-10-8-13(12-18)9-11-14/h4-11,19H,12H2,1-3H3. The van der Waals surface area contributed by atoms with E-state index in [1.54, 1.807) is 39.0 Å². The van der Waals surface area contributed by atoms with E-state index in [1.165, 1.54) is 0 Å². The average Bonchev–Trinajstić information content (AvgIpc) is 2.53. The molecule has 0 fully saturated rings. The third-order valence-electron chi connectivity index (χ3n) is 3.05. The molecule has 124 valence electrons. The molecule has 0 amide bonds. The Kier molecular flexibility index (Phi) is 5.62. The molecule has 0 saturated heterocycles. The van der Waals surface area contributed by atoms with Crippen LogP contribution in [0.15, 0.2) is 53.4 Å². The lowest BCUT2D eigenvalue weighted by Crippen LogP contribution is -2.33. The Balaban J connectivity index is 2.40. The van der Waals surface area contributed by atoms with E-state index in [1.807, 2.05) is 30.3 Å². The van der Waals surface area contributed by atoms with Gasteiger partial charge in [0.2, 0.25) is 0 Å². The Hall–Kier alpha value is -1.21. The number of halogens is 1. The summed E-state index contributed by atoms with van der Waals surface area (Å²) in [5.74, 6) is 0. The van der Waals surface area contributed by atoms with Crippen molar-refractivity contribution in [2.75, 3.05) is 0 Å². The fraction of sp³-hybridized carbons (Fsp3) is 0.294. The quantitative estimate of drug-likeness (QED) is 0.605. The molecule has 2 rings (SSSR count). The minimum absolute atomic E-state index is 0.191. The summed E-state index contributed by atoms with van der Waals surface area (Å²) in [6.07, 6.45) is 0. The third kappa shape index (κ3) is 4.88. The highest BCUT2D eigenvalue weighted by Gasteiger charge is 2.22. The predicted molar refractivity (Wildman–Crippen MR) is 95.7 cm³/mol. The van der Waals surface area contributed by atoms with Crippen LogP contribution in [-0.4, -0.2) is 14.0 Å². The van der Waals surface area contributed by atoms with Crippen LogP contribution >= 0.6 is 15.9 Å². The maximum Gasteiger partial charge on any atom is 0.263 e. The van der Waals surface area contributed by atoms with Crippen LogP contribution in [0.3, 0.4) is 0 Å². The smallest absolute Gasteiger partial charge is 0.263 e. The van der Waals surface area contributed by atoms with Gasteiger partial charge in [-0.25, -0.2) is 8.42 Å². The molecule has 2 aromatic rings. The molecule has 0 unspecified atom stereocenters. The summed E-state index contributed by atoms with van der Waals surface area (Å²) < 4.78 is 25.1. The molecule has 0 radical (unpaired) electrons. The lowest BCUT2D eigenvalue weighted by molar-refractivity contribution is -0.0357. The fourth-order valence-corrected chi connectivity index (χ4v) is 3.49. The predicted octanol–water partition coefficient (Wildman–Crippen LogP) is 4.26. The van der Waals surface area contributed by atoms with Crippen LogP contribution in [0.5, 0.6) is 0 Å². The molecule has 23 heavy (non-hydrogen) atoms. The summed E-state index contributed by atoms with van der Waals surface area (Å²) in [5.41, 5.74) is 1.99. The number of rotatable bonds is 5. The first-order valence-electron chi connectivity index (χ1n) is 7.17. The van der Waals surface area contributed by atoms with Gasteiger partial charge in [0.05, 0.1) is 10.5 Å². The van der Waals surface area contributed by atoms with E-state index in [0.717, 1.165) is 16.5 Å². The highest BCUT2D eigenvalue weighted by Crippen LogP contribution is 2.28. The summed E-state index contributed by atoms with van der Waals surface area (Å²) in [6, 6.07) is 14.6. The van der Waals surface area contributed by atoms with Gasteiger partial charge in [0.25, 0.3) is 10.0 Å². The normalized spacial score (nSPS) is 12.3. The number of alkyl halides is 1. The van der Waals surface area contributed by atoms with Crippen LogP contribution in [0, 0.1) is 0 Å². The zero-order valence-corrected chi connectivity index (χ0v) is 15.7. The maximum atomic E-state index is 12.6. The van der Waals surface area contributed by atoms with Gasteiger partial charge in [0, 0.05) is 10.9 Å². The van der Waals surface area contributed by atoms with Crippen molar-refractivity contribution in [3.05, 3.63) is 54.1 Å². The van der Waals surface area contributed by atoms with Gasteiger partial charge in [0.15, 0.2) is 0 Å². The van der Waals surface area contributed by atoms with Gasteiger partial charge in [-0.3, -0.25) is 4.84 Å². The molecule has 0 aliphatic rings. The van der Waals surface area contributed by atoms with Crippen LogP contribution in [0.1, 0.15) is 26.3 Å². The van der Waals surface area contributed by atoms with Crippen molar-refractivity contribution in [3.63, 3.8) is 0 Å². The Morgan fingerprint density at radius 2 is 1.65 bits per heavy atom. The molecule has 0 aliphatic carbocycles. The molecule has 0 atom stereocenters. The summed E-state index contributed by atoms with van der Waals surface area (Å²) in [6.45, 7) is 5.33. The highest BCUT2D eigenvalue weighted by atomic mass is 79.9. The van der Waals surface area contributed by atoms with Gasteiger partial charge in [-0.15, -0.1) is 0 Å². The highest BCUT2D eigenvalue weighted by molar-refractivity contribution is 9.08. The second-order valence-corrected chi connectivity index (χ2v) is 8.30. The number of sulfonamides is 1. The number of benzene rings is 2. The molecule has 0 saturated carbocycles. The number of nitrogens with one attached hydrogen (secondary N) is 1. The molecule has 0 aliphatic heterocycles. The zero-order valence-electron chi connectivity index (χ0n) is 13.3. The van der Waals surface area contributed by atoms with Crippen molar-refractivity contribution in [1.29, 1.82) is 0 Å². The molecule has 0 bridgehead atoms. The van der Waals surface area contributed by atoms with Gasteiger partial charge >= 0.3 is 0 Å². The van der Waals surface area contributed by atoms with E-state index in [-0.39, 0.29) is 4.90 Å². The topological polar surface area (TPSA) is 55.4 Å². The molecular weight excluding hydrogens is 378 g/mol. The minimum atomic E-state index is -3.77. The summed E-state index contributed by atoms with van der Waals surface area (Å²) in [4.78, 5) is 7.64. The van der Waals surface area contributed by atoms with Crippen molar-refractivity contribution in [2.24, 2.45) is 0 Å². The lowest BCUT2D eigenvalue weighted by Gasteiger charge is -2.20. The summed E-state index contributed by atoms with van der Waals surface area (Å²) in [5, 5.41) is 0.758. The minimum Gasteiger partial charge on any atom is -0.281 e. The van der Waals surface area contributed by atoms with Crippen LogP contribution < -0.4 is 4.89 Å². The Bertz CT molecular complexity index is 765. The van der Waals surface area contributed by atoms with Crippen molar-refractivity contribution in [2.45, 2.75) is 36.6 Å². The van der Waals surface area contributed by atoms with Crippen LogP contribution in [0.2, 0.25) is 0 Å². The van der Waals surface area contributed by atoms with Gasteiger partial charge in [0.1, 0.15) is 0 Å². The Morgan fingerprint density at radius 1 is 1.04 bits per heavy atom. The first-order chi connectivity index (χ1) is 10.7. The van der Waals surface area contributed by atoms with Gasteiger partial charge in [-0.2, -0.15) is 0 Å². The van der Waals surface area contributed by atoms with E-state index in [2.05, 4.69) is 20.8 Å². The van der Waals surface area contributed by atoms with Gasteiger partial charge < -0.3 is 0 Å². The third-order valence-corrected chi connectivity index (χ3v) is 4.94. The number of hydrogen-bond donors (Lipinski definition) is 1. The summed E-state index contributed by atoms with van der Waals surface area (Å²) in [7, 11) is -3.77. The second-order valence-electron chi connectivity index (χ2n) is 6.13. The van der Waals surface area contributed by atoms with Crippen molar-refractivity contribution >= 4 is 26.0 Å². The zero-order chi connectivity index (χ0) is 17.1. The molecule has 4 nitrogen and oxygen atoms in total. The van der Waals surface area contributed by atoms with E-state index in [0.29, 0.717) is 5.56 Å². The van der Waals surface area contributed by atoms with E-state index in [4.69, 9.17) is 4.84 Å². The van der Waals surface area contributed by atoms with Crippen LogP contribution in [-0.2, 0) is 20.2 Å². The molecule has 0 aromatic heterocycles. The van der Waals surface area contributed by atoms with Gasteiger partial charge in [-0.1, -0.05) is 63.3 Å². The molecule has 6 heteroatoms. The van der Waals surface area contributed by atoms with Crippen LogP contribution in [0.25, 0.3) is 11.1 Å². The van der Waals surface area contributed by atoms with Crippen molar-refractivity contribution in [3.8, 4) is 11.1 Å². The lowest BCUT2D eigenvalue weighted by atomic mass is 10.0. The van der Waals surface area contributed by atoms with E-state index in [9.17, 15) is 8.42 Å². The van der Waals surface area contributed by atoms with Crippen molar-refractivity contribution in [1.82, 2.24) is 4.89 Å². The largest absolute Gasteiger partial charge is 0.281 e. The summed E-state index contributed by atoms with van der Waals surface area (Å²) >= 11 is 3.40. The van der Waals surface area contributed by atoms with E-state index >= 15 is 0 Å². The van der Waals surface area contributed by atoms with E-state index < -0.39 is 15.6 Å². The molecular formula is C17H20BrNO3S. The number of hydrogen-bond acceptors (Lipinski definition) is 3. The first kappa shape index (κ1) is 18.1. The molecule has 0 spiro atoms. The Labute approximate surface area is 146 Å². The average molecular weight is 398 g/mol. The monoisotopic (exact) mass is 397 g/mol. The maximum absolute atomic E-state index is 12.6. The Morgan fingerprint density at radius 3 is 2.22 bits per heavy atom. The fourth-order valence-electron chi connectivity index (χ4n) is 1.94. The first-order valence-corrected chi connectivity index (χ1v) is 9.77. The van der Waals surface area contributed by atoms with Crippen LogP contribution in [0.4, 0.5) is 0 Å². The molecule has 0 heterocycles. The SMILES string of the molecule is CC(C)(C)ONS(=O)(=O)c1ccccc1-c1ccc(CBr)cc1. The molecule has 1 N–H and O–H groups in total.